The minimum absolute atomic E-state index is 0.00957. The van der Waals surface area contributed by atoms with E-state index in [4.69, 9.17) is 14.2 Å². The Labute approximate surface area is 164 Å². The molecule has 3 unspecified atom stereocenters. The first-order valence-corrected chi connectivity index (χ1v) is 9.29. The van der Waals surface area contributed by atoms with Crippen LogP contribution in [0.1, 0.15) is 34.6 Å². The van der Waals surface area contributed by atoms with Crippen LogP contribution in [0.15, 0.2) is 60.7 Å². The molecule has 1 aliphatic heterocycles. The lowest BCUT2D eigenvalue weighted by Gasteiger charge is -2.41. The Morgan fingerprint density at radius 1 is 0.893 bits per heavy atom. The fourth-order valence-electron chi connectivity index (χ4n) is 3.22. The first-order valence-electron chi connectivity index (χ1n) is 9.29. The van der Waals surface area contributed by atoms with E-state index in [1.807, 2.05) is 19.9 Å². The molecule has 0 aliphatic carbocycles. The van der Waals surface area contributed by atoms with Gasteiger partial charge in [0, 0.05) is 5.92 Å². The normalized spacial score (nSPS) is 27.0. The average Bonchev–Trinajstić information content (AvgIpc) is 2.73. The van der Waals surface area contributed by atoms with Gasteiger partial charge in [0.05, 0.1) is 17.2 Å². The number of aliphatic hydroxyl groups is 1. The SMILES string of the molecule is C[C@@H]1C(COC(=O)c2ccccc2)OC(O)C(OC(=O)c2ccccc2)[C@H]1C. The van der Waals surface area contributed by atoms with Gasteiger partial charge in [-0.05, 0) is 30.2 Å². The molecule has 1 fully saturated rings. The lowest BCUT2D eigenvalue weighted by Crippen LogP contribution is -2.52. The molecule has 1 saturated heterocycles. The minimum Gasteiger partial charge on any atom is -0.459 e. The molecule has 148 valence electrons. The van der Waals surface area contributed by atoms with Crippen LogP contribution in [0.25, 0.3) is 0 Å². The lowest BCUT2D eigenvalue weighted by molar-refractivity contribution is -0.255. The number of hydrogen-bond donors (Lipinski definition) is 1. The smallest absolute Gasteiger partial charge is 0.338 e. The van der Waals surface area contributed by atoms with E-state index in [2.05, 4.69) is 0 Å². The molecule has 2 aromatic carbocycles. The first-order chi connectivity index (χ1) is 13.5. The van der Waals surface area contributed by atoms with Crippen molar-refractivity contribution >= 4 is 11.9 Å². The van der Waals surface area contributed by atoms with Gasteiger partial charge in [0.2, 0.25) is 0 Å². The third-order valence-electron chi connectivity index (χ3n) is 5.17. The molecule has 6 nitrogen and oxygen atoms in total. The fourth-order valence-corrected chi connectivity index (χ4v) is 3.22. The fraction of sp³-hybridized carbons (Fsp3) is 0.364. The van der Waals surface area contributed by atoms with Crippen LogP contribution in [0.2, 0.25) is 0 Å². The summed E-state index contributed by atoms with van der Waals surface area (Å²) in [7, 11) is 0. The molecule has 0 spiro atoms. The van der Waals surface area contributed by atoms with Crippen molar-refractivity contribution in [3.8, 4) is 0 Å². The third kappa shape index (κ3) is 4.58. The van der Waals surface area contributed by atoms with Gasteiger partial charge in [-0.3, -0.25) is 0 Å². The monoisotopic (exact) mass is 384 g/mol. The lowest BCUT2D eigenvalue weighted by atomic mass is 9.83. The Balaban J connectivity index is 1.58. The zero-order valence-electron chi connectivity index (χ0n) is 15.9. The Bertz CT molecular complexity index is 789. The highest BCUT2D eigenvalue weighted by Crippen LogP contribution is 2.32. The van der Waals surface area contributed by atoms with Crippen LogP contribution in [0.5, 0.6) is 0 Å². The van der Waals surface area contributed by atoms with Crippen LogP contribution < -0.4 is 0 Å². The zero-order chi connectivity index (χ0) is 20.1. The average molecular weight is 384 g/mol. The zero-order valence-corrected chi connectivity index (χ0v) is 15.9. The summed E-state index contributed by atoms with van der Waals surface area (Å²) >= 11 is 0. The van der Waals surface area contributed by atoms with Crippen LogP contribution in [-0.4, -0.2) is 42.1 Å². The number of carbonyl (C=O) groups excluding carboxylic acids is 2. The van der Waals surface area contributed by atoms with Crippen molar-refractivity contribution < 1.29 is 28.9 Å². The minimum atomic E-state index is -1.29. The molecule has 5 atom stereocenters. The van der Waals surface area contributed by atoms with Gasteiger partial charge in [0.25, 0.3) is 0 Å². The van der Waals surface area contributed by atoms with E-state index in [0.717, 1.165) is 0 Å². The molecule has 28 heavy (non-hydrogen) atoms. The molecule has 0 aromatic heterocycles. The van der Waals surface area contributed by atoms with Crippen molar-refractivity contribution in [2.45, 2.75) is 32.3 Å². The summed E-state index contributed by atoms with van der Waals surface area (Å²) in [6.45, 7) is 3.81. The number of benzene rings is 2. The maximum absolute atomic E-state index is 12.3. The molecule has 2 aromatic rings. The highest BCUT2D eigenvalue weighted by molar-refractivity contribution is 5.89. The quantitative estimate of drug-likeness (QED) is 0.798. The Kier molecular flexibility index (Phi) is 6.44. The second kappa shape index (κ2) is 8.99. The topological polar surface area (TPSA) is 82.1 Å². The van der Waals surface area contributed by atoms with Crippen molar-refractivity contribution in [3.05, 3.63) is 71.8 Å². The van der Waals surface area contributed by atoms with Crippen molar-refractivity contribution in [1.82, 2.24) is 0 Å². The Morgan fingerprint density at radius 3 is 2.00 bits per heavy atom. The molecule has 6 heteroatoms. The summed E-state index contributed by atoms with van der Waals surface area (Å²) in [5, 5.41) is 10.4. The van der Waals surface area contributed by atoms with Crippen molar-refractivity contribution in [2.24, 2.45) is 11.8 Å². The molecular formula is C22H24O6. The third-order valence-corrected chi connectivity index (χ3v) is 5.17. The van der Waals surface area contributed by atoms with Crippen molar-refractivity contribution in [3.63, 3.8) is 0 Å². The molecule has 0 saturated carbocycles. The second-order valence-corrected chi connectivity index (χ2v) is 6.98. The highest BCUT2D eigenvalue weighted by Gasteiger charge is 2.43. The highest BCUT2D eigenvalue weighted by atomic mass is 16.7. The summed E-state index contributed by atoms with van der Waals surface area (Å²) in [4.78, 5) is 24.4. The molecule has 0 radical (unpaired) electrons. The van der Waals surface area contributed by atoms with Crippen LogP contribution >= 0.6 is 0 Å². The molecule has 1 aliphatic rings. The van der Waals surface area contributed by atoms with E-state index in [1.54, 1.807) is 54.6 Å². The summed E-state index contributed by atoms with van der Waals surface area (Å²) in [6.07, 6.45) is -2.59. The van der Waals surface area contributed by atoms with Crippen LogP contribution in [0.4, 0.5) is 0 Å². The number of esters is 2. The van der Waals surface area contributed by atoms with Gasteiger partial charge in [-0.1, -0.05) is 50.2 Å². The van der Waals surface area contributed by atoms with E-state index in [9.17, 15) is 14.7 Å². The maximum atomic E-state index is 12.3. The predicted molar refractivity (Wildman–Crippen MR) is 102 cm³/mol. The van der Waals surface area contributed by atoms with Crippen LogP contribution in [0, 0.1) is 11.8 Å². The molecule has 0 amide bonds. The largest absolute Gasteiger partial charge is 0.459 e. The van der Waals surface area contributed by atoms with Crippen LogP contribution in [-0.2, 0) is 14.2 Å². The number of carbonyl (C=O) groups is 2. The van der Waals surface area contributed by atoms with E-state index < -0.39 is 30.4 Å². The first kappa shape index (κ1) is 20.0. The van der Waals surface area contributed by atoms with Gasteiger partial charge in [0.1, 0.15) is 6.61 Å². The Hall–Kier alpha value is -2.70. The van der Waals surface area contributed by atoms with Gasteiger partial charge in [-0.25, -0.2) is 9.59 Å². The van der Waals surface area contributed by atoms with Crippen LogP contribution in [0.3, 0.4) is 0 Å². The molecule has 0 bridgehead atoms. The summed E-state index contributed by atoms with van der Waals surface area (Å²) in [6, 6.07) is 17.3. The van der Waals surface area contributed by atoms with E-state index in [-0.39, 0.29) is 18.4 Å². The predicted octanol–water partition coefficient (Wildman–Crippen LogP) is 3.06. The number of rotatable bonds is 5. The standard InChI is InChI=1S/C22H24O6/c1-14-15(2)19(28-21(24)17-11-7-4-8-12-17)22(25)27-18(14)13-26-20(23)16-9-5-3-6-10-16/h3-12,14-15,18-19,22,25H,13H2,1-2H3/t14-,15-,18?,19?,22?/m0/s1. The Morgan fingerprint density at radius 2 is 1.43 bits per heavy atom. The molecule has 1 N–H and O–H groups in total. The van der Waals surface area contributed by atoms with E-state index >= 15 is 0 Å². The van der Waals surface area contributed by atoms with Gasteiger partial charge >= 0.3 is 11.9 Å². The van der Waals surface area contributed by atoms with Gasteiger partial charge in [-0.2, -0.15) is 0 Å². The van der Waals surface area contributed by atoms with E-state index in [0.29, 0.717) is 11.1 Å². The van der Waals surface area contributed by atoms with Crippen molar-refractivity contribution in [1.29, 1.82) is 0 Å². The van der Waals surface area contributed by atoms with Crippen molar-refractivity contribution in [2.75, 3.05) is 6.61 Å². The second-order valence-electron chi connectivity index (χ2n) is 6.98. The molecule has 1 heterocycles. The number of ether oxygens (including phenoxy) is 3. The number of aliphatic hydroxyl groups excluding tert-OH is 1. The summed E-state index contributed by atoms with van der Waals surface area (Å²) in [5.74, 6) is -1.24. The molecular weight excluding hydrogens is 360 g/mol. The number of hydrogen-bond acceptors (Lipinski definition) is 6. The van der Waals surface area contributed by atoms with E-state index in [1.165, 1.54) is 0 Å². The van der Waals surface area contributed by atoms with Gasteiger partial charge in [0.15, 0.2) is 12.4 Å². The maximum Gasteiger partial charge on any atom is 0.338 e. The molecule has 3 rings (SSSR count). The summed E-state index contributed by atoms with van der Waals surface area (Å²) in [5.41, 5.74) is 0.864. The van der Waals surface area contributed by atoms with Gasteiger partial charge in [-0.15, -0.1) is 0 Å². The van der Waals surface area contributed by atoms with Gasteiger partial charge < -0.3 is 19.3 Å². The summed E-state index contributed by atoms with van der Waals surface area (Å²) < 4.78 is 16.4.